The van der Waals surface area contributed by atoms with E-state index in [0.717, 1.165) is 17.3 Å². The van der Waals surface area contributed by atoms with Crippen molar-refractivity contribution in [3.8, 4) is 5.75 Å². The lowest BCUT2D eigenvalue weighted by Crippen LogP contribution is -2.54. The quantitative estimate of drug-likeness (QED) is 0.364. The fraction of sp³-hybridized carbons (Fsp3) is 0.650. The molecule has 1 saturated heterocycles. The predicted molar refractivity (Wildman–Crippen MR) is 116 cm³/mol. The van der Waals surface area contributed by atoms with Crippen LogP contribution in [0.5, 0.6) is 5.75 Å². The van der Waals surface area contributed by atoms with Gasteiger partial charge in [0, 0.05) is 33.2 Å². The Labute approximate surface area is 174 Å². The summed E-state index contributed by atoms with van der Waals surface area (Å²) in [7, 11) is -1.56. The highest BCUT2D eigenvalue weighted by Crippen LogP contribution is 2.15. The highest BCUT2D eigenvalue weighted by Gasteiger charge is 2.27. The van der Waals surface area contributed by atoms with Crippen molar-refractivity contribution in [3.05, 3.63) is 29.8 Å². The van der Waals surface area contributed by atoms with E-state index in [2.05, 4.69) is 15.2 Å². The van der Waals surface area contributed by atoms with E-state index >= 15 is 0 Å². The number of benzene rings is 1. The number of piperazine rings is 1. The van der Waals surface area contributed by atoms with E-state index in [9.17, 15) is 8.42 Å². The molecule has 8 nitrogen and oxygen atoms in total. The molecule has 164 valence electrons. The molecular weight excluding hydrogens is 392 g/mol. The average Bonchev–Trinajstić information content (AvgIpc) is 2.69. The van der Waals surface area contributed by atoms with Gasteiger partial charge in [0.1, 0.15) is 12.4 Å². The lowest BCUT2D eigenvalue weighted by Gasteiger charge is -2.35. The van der Waals surface area contributed by atoms with E-state index in [1.165, 1.54) is 0 Å². The van der Waals surface area contributed by atoms with Gasteiger partial charge < -0.3 is 19.7 Å². The Morgan fingerprint density at radius 3 is 2.48 bits per heavy atom. The summed E-state index contributed by atoms with van der Waals surface area (Å²) in [6.07, 6.45) is 0.0335. The topological polar surface area (TPSA) is 83.5 Å². The largest absolute Gasteiger partial charge is 0.491 e. The predicted octanol–water partition coefficient (Wildman–Crippen LogP) is 1.32. The van der Waals surface area contributed by atoms with Crippen LogP contribution in [0.4, 0.5) is 0 Å². The number of rotatable bonds is 9. The first-order chi connectivity index (χ1) is 13.8. The molecule has 0 spiro atoms. The van der Waals surface area contributed by atoms with Crippen LogP contribution in [0.2, 0.25) is 0 Å². The van der Waals surface area contributed by atoms with E-state index < -0.39 is 10.0 Å². The SMILES string of the molecule is CN=C(NCCOc1ccccc1C)N1CCN(S(=O)(=O)CCOC(C)C)CC1. The molecule has 0 radical (unpaired) electrons. The molecular formula is C20H34N4O4S. The lowest BCUT2D eigenvalue weighted by atomic mass is 10.2. The summed E-state index contributed by atoms with van der Waals surface area (Å²) >= 11 is 0. The number of aliphatic imine (C=N–C) groups is 1. The first-order valence-electron chi connectivity index (χ1n) is 10.1. The molecule has 0 unspecified atom stereocenters. The van der Waals surface area contributed by atoms with Crippen molar-refractivity contribution in [2.24, 2.45) is 4.99 Å². The van der Waals surface area contributed by atoms with Crippen molar-refractivity contribution < 1.29 is 17.9 Å². The van der Waals surface area contributed by atoms with Crippen LogP contribution in [0.15, 0.2) is 29.3 Å². The number of nitrogens with one attached hydrogen (secondary N) is 1. The van der Waals surface area contributed by atoms with Gasteiger partial charge in [0.15, 0.2) is 5.96 Å². The minimum atomic E-state index is -3.29. The Morgan fingerprint density at radius 2 is 1.86 bits per heavy atom. The highest BCUT2D eigenvalue weighted by atomic mass is 32.2. The van der Waals surface area contributed by atoms with Gasteiger partial charge in [-0.25, -0.2) is 8.42 Å². The zero-order valence-corrected chi connectivity index (χ0v) is 18.7. The van der Waals surface area contributed by atoms with Crippen LogP contribution in [0.1, 0.15) is 19.4 Å². The first-order valence-corrected chi connectivity index (χ1v) is 11.7. The standard InChI is InChI=1S/C20H34N4O4S/c1-17(2)27-15-16-29(25,26)24-12-10-23(11-13-24)20(21-4)22-9-14-28-19-8-6-5-7-18(19)3/h5-8,17H,9-16H2,1-4H3,(H,21,22). The molecule has 0 amide bonds. The molecule has 1 aliphatic rings. The van der Waals surface area contributed by atoms with Gasteiger partial charge in [-0.15, -0.1) is 0 Å². The zero-order valence-electron chi connectivity index (χ0n) is 17.9. The van der Waals surface area contributed by atoms with E-state index in [1.54, 1.807) is 11.4 Å². The van der Waals surface area contributed by atoms with Gasteiger partial charge in [-0.1, -0.05) is 18.2 Å². The number of nitrogens with zero attached hydrogens (tertiary/aromatic N) is 3. The maximum atomic E-state index is 12.5. The first kappa shape index (κ1) is 23.4. The van der Waals surface area contributed by atoms with Crippen molar-refractivity contribution >= 4 is 16.0 Å². The van der Waals surface area contributed by atoms with Crippen LogP contribution < -0.4 is 10.1 Å². The molecule has 2 rings (SSSR count). The van der Waals surface area contributed by atoms with Gasteiger partial charge in [0.05, 0.1) is 25.0 Å². The van der Waals surface area contributed by atoms with Gasteiger partial charge in [-0.05, 0) is 32.4 Å². The summed E-state index contributed by atoms with van der Waals surface area (Å²) in [6, 6.07) is 7.91. The molecule has 1 heterocycles. The minimum Gasteiger partial charge on any atom is -0.491 e. The molecule has 9 heteroatoms. The van der Waals surface area contributed by atoms with Crippen LogP contribution >= 0.6 is 0 Å². The number of guanidine groups is 1. The van der Waals surface area contributed by atoms with Crippen molar-refractivity contribution in [1.29, 1.82) is 0 Å². The van der Waals surface area contributed by atoms with Crippen molar-refractivity contribution in [2.45, 2.75) is 26.9 Å². The van der Waals surface area contributed by atoms with Crippen molar-refractivity contribution in [1.82, 2.24) is 14.5 Å². The molecule has 29 heavy (non-hydrogen) atoms. The third kappa shape index (κ3) is 7.49. The molecule has 1 aromatic carbocycles. The second-order valence-electron chi connectivity index (χ2n) is 7.21. The maximum Gasteiger partial charge on any atom is 0.216 e. The van der Waals surface area contributed by atoms with E-state index in [4.69, 9.17) is 9.47 Å². The molecule has 1 aliphatic heterocycles. The van der Waals surface area contributed by atoms with Crippen LogP contribution in [-0.2, 0) is 14.8 Å². The Bertz CT molecular complexity index is 759. The second-order valence-corrected chi connectivity index (χ2v) is 9.30. The molecule has 1 N–H and O–H groups in total. The number of hydrogen-bond acceptors (Lipinski definition) is 5. The van der Waals surface area contributed by atoms with Gasteiger partial charge in [-0.3, -0.25) is 4.99 Å². The Balaban J connectivity index is 1.74. The molecule has 0 aliphatic carbocycles. The summed E-state index contributed by atoms with van der Waals surface area (Å²) in [6.45, 7) is 9.28. The third-order valence-corrected chi connectivity index (χ3v) is 6.51. The molecule has 0 atom stereocenters. The molecule has 0 bridgehead atoms. The van der Waals surface area contributed by atoms with E-state index in [1.807, 2.05) is 45.0 Å². The van der Waals surface area contributed by atoms with E-state index in [-0.39, 0.29) is 18.5 Å². The monoisotopic (exact) mass is 426 g/mol. The number of aryl methyl sites for hydroxylation is 1. The summed E-state index contributed by atoms with van der Waals surface area (Å²) in [5.41, 5.74) is 1.10. The van der Waals surface area contributed by atoms with Crippen molar-refractivity contribution in [2.75, 3.05) is 58.7 Å². The highest BCUT2D eigenvalue weighted by molar-refractivity contribution is 7.89. The van der Waals surface area contributed by atoms with E-state index in [0.29, 0.717) is 39.3 Å². The van der Waals surface area contributed by atoms with Crippen molar-refractivity contribution in [3.63, 3.8) is 0 Å². The number of para-hydroxylation sites is 1. The van der Waals surface area contributed by atoms with Crippen LogP contribution in [0.25, 0.3) is 0 Å². The summed E-state index contributed by atoms with van der Waals surface area (Å²) in [5.74, 6) is 1.66. The molecule has 0 aromatic heterocycles. The van der Waals surface area contributed by atoms with Gasteiger partial charge in [0.25, 0.3) is 0 Å². The Hall–Kier alpha value is -1.84. The molecule has 1 fully saturated rings. The molecule has 0 saturated carbocycles. The van der Waals surface area contributed by atoms with Gasteiger partial charge in [0.2, 0.25) is 10.0 Å². The normalized spacial score (nSPS) is 16.3. The smallest absolute Gasteiger partial charge is 0.216 e. The van der Waals surface area contributed by atoms with Gasteiger partial charge >= 0.3 is 0 Å². The average molecular weight is 427 g/mol. The Morgan fingerprint density at radius 1 is 1.17 bits per heavy atom. The minimum absolute atomic E-state index is 0.0222. The number of sulfonamides is 1. The molecule has 1 aromatic rings. The van der Waals surface area contributed by atoms with Crippen LogP contribution in [-0.4, -0.2) is 88.4 Å². The van der Waals surface area contributed by atoms with Gasteiger partial charge in [-0.2, -0.15) is 4.31 Å². The number of hydrogen-bond donors (Lipinski definition) is 1. The second kappa shape index (κ2) is 11.4. The third-order valence-electron chi connectivity index (χ3n) is 4.67. The Kier molecular flexibility index (Phi) is 9.19. The number of ether oxygens (including phenoxy) is 2. The zero-order chi connectivity index (χ0) is 21.3. The fourth-order valence-corrected chi connectivity index (χ4v) is 4.36. The summed E-state index contributed by atoms with van der Waals surface area (Å²) in [5, 5.41) is 3.29. The summed E-state index contributed by atoms with van der Waals surface area (Å²) in [4.78, 5) is 6.39. The lowest BCUT2D eigenvalue weighted by molar-refractivity contribution is 0.0904. The van der Waals surface area contributed by atoms with Crippen LogP contribution in [0, 0.1) is 6.92 Å². The summed E-state index contributed by atoms with van der Waals surface area (Å²) < 4.78 is 37.6. The maximum absolute atomic E-state index is 12.5. The van der Waals surface area contributed by atoms with Crippen LogP contribution in [0.3, 0.4) is 0 Å². The fourth-order valence-electron chi connectivity index (χ4n) is 3.07.